The van der Waals surface area contributed by atoms with Crippen molar-refractivity contribution in [2.45, 2.75) is 6.42 Å². The molecule has 1 aromatic carbocycles. The van der Waals surface area contributed by atoms with Crippen molar-refractivity contribution in [3.63, 3.8) is 0 Å². The minimum absolute atomic E-state index is 0.205. The number of halogens is 1. The molecule has 2 N–H and O–H groups in total. The fraction of sp³-hybridized carbons (Fsp3) is 0.333. The van der Waals surface area contributed by atoms with Crippen LogP contribution in [0.15, 0.2) is 18.2 Å². The molecule has 0 bridgehead atoms. The number of amides is 1. The maximum atomic E-state index is 12.9. The molecule has 1 fully saturated rings. The van der Waals surface area contributed by atoms with Crippen LogP contribution in [0.1, 0.15) is 6.42 Å². The maximum Gasteiger partial charge on any atom is 0.307 e. The number of rotatable bonds is 4. The van der Waals surface area contributed by atoms with Gasteiger partial charge in [0.25, 0.3) is 0 Å². The molecule has 0 spiro atoms. The fourth-order valence-electron chi connectivity index (χ4n) is 1.75. The molecule has 1 aliphatic carbocycles. The van der Waals surface area contributed by atoms with Crippen molar-refractivity contribution in [2.24, 2.45) is 11.8 Å². The van der Waals surface area contributed by atoms with E-state index in [1.807, 2.05) is 0 Å². The van der Waals surface area contributed by atoms with Gasteiger partial charge in [-0.25, -0.2) is 4.39 Å². The third-order valence-corrected chi connectivity index (χ3v) is 2.87. The molecule has 18 heavy (non-hydrogen) atoms. The molecule has 1 aliphatic rings. The van der Waals surface area contributed by atoms with E-state index in [1.54, 1.807) is 0 Å². The fourth-order valence-corrected chi connectivity index (χ4v) is 1.75. The van der Waals surface area contributed by atoms with Crippen molar-refractivity contribution in [3.8, 4) is 5.75 Å². The predicted molar refractivity (Wildman–Crippen MR) is 60.8 cm³/mol. The highest BCUT2D eigenvalue weighted by atomic mass is 19.1. The Bertz CT molecular complexity index is 503. The molecule has 1 amide bonds. The van der Waals surface area contributed by atoms with Gasteiger partial charge in [0, 0.05) is 6.07 Å². The number of carboxylic acid groups (broad SMARTS) is 1. The number of carboxylic acids is 1. The average molecular weight is 253 g/mol. The van der Waals surface area contributed by atoms with E-state index in [1.165, 1.54) is 19.2 Å². The van der Waals surface area contributed by atoms with Crippen LogP contribution in [0, 0.1) is 17.7 Å². The zero-order valence-electron chi connectivity index (χ0n) is 9.64. The number of hydrogen-bond acceptors (Lipinski definition) is 3. The molecule has 2 rings (SSSR count). The number of methoxy groups -OCH3 is 1. The first-order valence-electron chi connectivity index (χ1n) is 5.40. The Balaban J connectivity index is 2.06. The molecule has 0 heterocycles. The van der Waals surface area contributed by atoms with E-state index < -0.39 is 23.6 Å². The van der Waals surface area contributed by atoms with E-state index in [-0.39, 0.29) is 11.7 Å². The Labute approximate surface area is 103 Å². The second-order valence-corrected chi connectivity index (χ2v) is 4.12. The summed E-state index contributed by atoms with van der Waals surface area (Å²) >= 11 is 0. The summed E-state index contributed by atoms with van der Waals surface area (Å²) in [7, 11) is 1.36. The number of carbonyl (C=O) groups excluding carboxylic acids is 1. The lowest BCUT2D eigenvalue weighted by molar-refractivity contribution is -0.139. The first-order valence-corrected chi connectivity index (χ1v) is 5.40. The van der Waals surface area contributed by atoms with Crippen molar-refractivity contribution < 1.29 is 23.8 Å². The Morgan fingerprint density at radius 3 is 2.72 bits per heavy atom. The van der Waals surface area contributed by atoms with Gasteiger partial charge in [-0.2, -0.15) is 0 Å². The largest absolute Gasteiger partial charge is 0.494 e. The Morgan fingerprint density at radius 2 is 2.17 bits per heavy atom. The SMILES string of the molecule is COc1cc(F)ccc1NC(=O)C1CC1C(=O)O. The zero-order valence-corrected chi connectivity index (χ0v) is 9.64. The predicted octanol–water partition coefficient (Wildman–Crippen LogP) is 1.49. The third kappa shape index (κ3) is 2.42. The van der Waals surface area contributed by atoms with Gasteiger partial charge in [-0.05, 0) is 18.6 Å². The monoisotopic (exact) mass is 253 g/mol. The van der Waals surface area contributed by atoms with E-state index in [4.69, 9.17) is 9.84 Å². The van der Waals surface area contributed by atoms with E-state index in [9.17, 15) is 14.0 Å². The van der Waals surface area contributed by atoms with Crippen LogP contribution in [0.3, 0.4) is 0 Å². The highest BCUT2D eigenvalue weighted by Gasteiger charge is 2.48. The molecule has 0 saturated heterocycles. The number of ether oxygens (including phenoxy) is 1. The van der Waals surface area contributed by atoms with E-state index in [0.29, 0.717) is 12.1 Å². The van der Waals surface area contributed by atoms with Gasteiger partial charge in [-0.15, -0.1) is 0 Å². The molecular weight excluding hydrogens is 241 g/mol. The lowest BCUT2D eigenvalue weighted by Crippen LogP contribution is -2.17. The highest BCUT2D eigenvalue weighted by Crippen LogP contribution is 2.40. The molecule has 6 heteroatoms. The first kappa shape index (κ1) is 12.3. The number of benzene rings is 1. The summed E-state index contributed by atoms with van der Waals surface area (Å²) in [4.78, 5) is 22.4. The lowest BCUT2D eigenvalue weighted by atomic mass is 10.2. The second kappa shape index (κ2) is 4.64. The summed E-state index contributed by atoms with van der Waals surface area (Å²) in [5.41, 5.74) is 0.333. The molecule has 1 saturated carbocycles. The van der Waals surface area contributed by atoms with Gasteiger partial charge in [-0.3, -0.25) is 9.59 Å². The highest BCUT2D eigenvalue weighted by molar-refractivity contribution is 5.99. The molecule has 0 aliphatic heterocycles. The summed E-state index contributed by atoms with van der Waals surface area (Å²) in [5.74, 6) is -2.75. The van der Waals surface area contributed by atoms with Crippen molar-refractivity contribution >= 4 is 17.6 Å². The van der Waals surface area contributed by atoms with Gasteiger partial charge >= 0.3 is 5.97 Å². The first-order chi connectivity index (χ1) is 8.52. The van der Waals surface area contributed by atoms with Crippen LogP contribution >= 0.6 is 0 Å². The van der Waals surface area contributed by atoms with Crippen LogP contribution in [0.5, 0.6) is 5.75 Å². The van der Waals surface area contributed by atoms with Crippen molar-refractivity contribution in [3.05, 3.63) is 24.0 Å². The van der Waals surface area contributed by atoms with Crippen molar-refractivity contribution in [1.82, 2.24) is 0 Å². The molecule has 0 aromatic heterocycles. The van der Waals surface area contributed by atoms with Crippen LogP contribution in [0.25, 0.3) is 0 Å². The van der Waals surface area contributed by atoms with Crippen LogP contribution in [-0.2, 0) is 9.59 Å². The van der Waals surface area contributed by atoms with Gasteiger partial charge in [0.05, 0.1) is 24.6 Å². The lowest BCUT2D eigenvalue weighted by Gasteiger charge is -2.09. The van der Waals surface area contributed by atoms with E-state index in [0.717, 1.165) is 6.07 Å². The van der Waals surface area contributed by atoms with Gasteiger partial charge in [0.15, 0.2) is 0 Å². The Kier molecular flexibility index (Phi) is 3.18. The quantitative estimate of drug-likeness (QED) is 0.852. The normalized spacial score (nSPS) is 21.2. The molecule has 2 atom stereocenters. The topological polar surface area (TPSA) is 75.6 Å². The van der Waals surface area contributed by atoms with E-state index >= 15 is 0 Å². The van der Waals surface area contributed by atoms with Crippen LogP contribution in [0.4, 0.5) is 10.1 Å². The van der Waals surface area contributed by atoms with Gasteiger partial charge in [0.2, 0.25) is 5.91 Å². The summed E-state index contributed by atoms with van der Waals surface area (Å²) in [6.45, 7) is 0. The van der Waals surface area contributed by atoms with Crippen LogP contribution in [-0.4, -0.2) is 24.1 Å². The number of hydrogen-bond donors (Lipinski definition) is 2. The molecule has 1 aromatic rings. The van der Waals surface area contributed by atoms with Crippen LogP contribution < -0.4 is 10.1 Å². The minimum atomic E-state index is -0.971. The maximum absolute atomic E-state index is 12.9. The van der Waals surface area contributed by atoms with Gasteiger partial charge in [-0.1, -0.05) is 0 Å². The average Bonchev–Trinajstić information content (AvgIpc) is 3.11. The molecule has 96 valence electrons. The summed E-state index contributed by atoms with van der Waals surface area (Å²) in [6, 6.07) is 3.72. The summed E-state index contributed by atoms with van der Waals surface area (Å²) in [5, 5.41) is 11.3. The Morgan fingerprint density at radius 1 is 1.44 bits per heavy atom. The van der Waals surface area contributed by atoms with Gasteiger partial charge < -0.3 is 15.2 Å². The summed E-state index contributed by atoms with van der Waals surface area (Å²) < 4.78 is 17.9. The Hall–Kier alpha value is -2.11. The molecule has 2 unspecified atom stereocenters. The van der Waals surface area contributed by atoms with Crippen molar-refractivity contribution in [2.75, 3.05) is 12.4 Å². The molecule has 5 nitrogen and oxygen atoms in total. The van der Waals surface area contributed by atoms with E-state index in [2.05, 4.69) is 5.32 Å². The summed E-state index contributed by atoms with van der Waals surface area (Å²) in [6.07, 6.45) is 0.338. The van der Waals surface area contributed by atoms with Gasteiger partial charge in [0.1, 0.15) is 11.6 Å². The standard InChI is InChI=1S/C12H12FNO4/c1-18-10-4-6(13)2-3-9(10)14-11(15)7-5-8(7)12(16)17/h2-4,7-8H,5H2,1H3,(H,14,15)(H,16,17). The van der Waals surface area contributed by atoms with Crippen LogP contribution in [0.2, 0.25) is 0 Å². The number of nitrogens with one attached hydrogen (secondary N) is 1. The smallest absolute Gasteiger partial charge is 0.307 e. The molecular formula is C12H12FNO4. The van der Waals surface area contributed by atoms with Crippen molar-refractivity contribution in [1.29, 1.82) is 0 Å². The minimum Gasteiger partial charge on any atom is -0.494 e. The zero-order chi connectivity index (χ0) is 13.3. The number of anilines is 1. The number of carbonyl (C=O) groups is 2. The third-order valence-electron chi connectivity index (χ3n) is 2.87. The second-order valence-electron chi connectivity index (χ2n) is 4.12. The number of aliphatic carboxylic acids is 1. The molecule has 0 radical (unpaired) electrons.